The fourth-order valence-electron chi connectivity index (χ4n) is 2.78. The molecule has 2 aromatic rings. The minimum absolute atomic E-state index is 0.0536. The van der Waals surface area contributed by atoms with E-state index in [0.29, 0.717) is 30.0 Å². The Hall–Kier alpha value is -3.02. The van der Waals surface area contributed by atoms with Crippen LogP contribution in [0.15, 0.2) is 30.3 Å². The molecule has 1 heterocycles. The molecular formula is C19H19NO5. The van der Waals surface area contributed by atoms with Gasteiger partial charge in [0.05, 0.1) is 6.61 Å². The smallest absolute Gasteiger partial charge is 0.251 e. The number of hydrogen-bond acceptors (Lipinski definition) is 5. The monoisotopic (exact) mass is 341 g/mol. The maximum absolute atomic E-state index is 11.7. The first-order chi connectivity index (χ1) is 12.0. The summed E-state index contributed by atoms with van der Waals surface area (Å²) in [6.45, 7) is 3.92. The summed E-state index contributed by atoms with van der Waals surface area (Å²) >= 11 is 0. The van der Waals surface area contributed by atoms with Crippen molar-refractivity contribution in [1.82, 2.24) is 5.32 Å². The summed E-state index contributed by atoms with van der Waals surface area (Å²) in [7, 11) is 0. The normalized spacial score (nSPS) is 12.5. The van der Waals surface area contributed by atoms with Gasteiger partial charge in [0.2, 0.25) is 5.75 Å². The minimum atomic E-state index is -0.138. The third-order valence-electron chi connectivity index (χ3n) is 3.90. The van der Waals surface area contributed by atoms with Crippen LogP contribution in [0, 0.1) is 0 Å². The Balaban J connectivity index is 2.10. The number of nitrogens with one attached hydrogen (secondary N) is 1. The van der Waals surface area contributed by atoms with Gasteiger partial charge in [0, 0.05) is 17.7 Å². The third-order valence-corrected chi connectivity index (χ3v) is 3.90. The van der Waals surface area contributed by atoms with E-state index >= 15 is 0 Å². The number of rotatable bonds is 6. The van der Waals surface area contributed by atoms with Gasteiger partial charge in [-0.15, -0.1) is 0 Å². The van der Waals surface area contributed by atoms with E-state index in [1.807, 2.05) is 12.1 Å². The lowest BCUT2D eigenvalue weighted by Gasteiger charge is -2.17. The molecule has 130 valence electrons. The third kappa shape index (κ3) is 3.28. The van der Waals surface area contributed by atoms with Gasteiger partial charge in [-0.05, 0) is 49.2 Å². The van der Waals surface area contributed by atoms with Crippen LogP contribution in [0.2, 0.25) is 0 Å². The molecule has 3 rings (SSSR count). The zero-order valence-electron chi connectivity index (χ0n) is 14.1. The quantitative estimate of drug-likeness (QED) is 0.844. The number of ether oxygens (including phenoxy) is 2. The van der Waals surface area contributed by atoms with E-state index in [4.69, 9.17) is 9.47 Å². The van der Waals surface area contributed by atoms with Crippen molar-refractivity contribution < 1.29 is 24.2 Å². The molecule has 0 spiro atoms. The number of benzene rings is 2. The van der Waals surface area contributed by atoms with E-state index in [-0.39, 0.29) is 29.8 Å². The highest BCUT2D eigenvalue weighted by Gasteiger charge is 2.22. The number of carbonyl (C=O) groups is 2. The lowest BCUT2D eigenvalue weighted by molar-refractivity contribution is -0.118. The SMILES string of the molecule is CCOc1c(O)ccc(-c2ccc3c(c2)CNC3=O)c1OCC(C)=O. The van der Waals surface area contributed by atoms with Crippen LogP contribution in [-0.2, 0) is 11.3 Å². The number of ketones is 1. The Kier molecular flexibility index (Phi) is 4.61. The molecule has 0 aromatic heterocycles. The molecule has 0 bridgehead atoms. The van der Waals surface area contributed by atoms with Crippen molar-refractivity contribution in [2.75, 3.05) is 13.2 Å². The van der Waals surface area contributed by atoms with Gasteiger partial charge in [-0.25, -0.2) is 0 Å². The summed E-state index contributed by atoms with van der Waals surface area (Å²) < 4.78 is 11.2. The summed E-state index contributed by atoms with van der Waals surface area (Å²) in [4.78, 5) is 23.0. The van der Waals surface area contributed by atoms with E-state index in [0.717, 1.165) is 11.1 Å². The van der Waals surface area contributed by atoms with Gasteiger partial charge < -0.3 is 19.9 Å². The van der Waals surface area contributed by atoms with Crippen molar-refractivity contribution in [3.8, 4) is 28.4 Å². The van der Waals surface area contributed by atoms with Crippen molar-refractivity contribution >= 4 is 11.7 Å². The van der Waals surface area contributed by atoms with Crippen LogP contribution in [0.5, 0.6) is 17.2 Å². The second kappa shape index (κ2) is 6.84. The molecule has 0 radical (unpaired) electrons. The van der Waals surface area contributed by atoms with Crippen LogP contribution < -0.4 is 14.8 Å². The van der Waals surface area contributed by atoms with Gasteiger partial charge in [0.15, 0.2) is 17.3 Å². The van der Waals surface area contributed by atoms with Crippen LogP contribution in [0.4, 0.5) is 0 Å². The Morgan fingerprint density at radius 1 is 1.16 bits per heavy atom. The first-order valence-corrected chi connectivity index (χ1v) is 8.03. The zero-order chi connectivity index (χ0) is 18.0. The Morgan fingerprint density at radius 2 is 1.92 bits per heavy atom. The van der Waals surface area contributed by atoms with Crippen molar-refractivity contribution in [1.29, 1.82) is 0 Å². The fraction of sp³-hybridized carbons (Fsp3) is 0.263. The molecule has 0 atom stereocenters. The summed E-state index contributed by atoms with van der Waals surface area (Å²) in [5.41, 5.74) is 3.05. The van der Waals surface area contributed by atoms with Crippen LogP contribution in [0.1, 0.15) is 29.8 Å². The van der Waals surface area contributed by atoms with Crippen molar-refractivity contribution in [3.63, 3.8) is 0 Å². The van der Waals surface area contributed by atoms with Gasteiger partial charge in [-0.2, -0.15) is 0 Å². The molecule has 25 heavy (non-hydrogen) atoms. The lowest BCUT2D eigenvalue weighted by atomic mass is 9.99. The van der Waals surface area contributed by atoms with Gasteiger partial charge >= 0.3 is 0 Å². The second-order valence-corrected chi connectivity index (χ2v) is 5.77. The summed E-state index contributed by atoms with van der Waals surface area (Å²) in [5.74, 6) is 0.239. The van der Waals surface area contributed by atoms with E-state index < -0.39 is 0 Å². The topological polar surface area (TPSA) is 84.9 Å². The Morgan fingerprint density at radius 3 is 2.64 bits per heavy atom. The van der Waals surface area contributed by atoms with E-state index in [2.05, 4.69) is 5.32 Å². The van der Waals surface area contributed by atoms with Gasteiger partial charge in [-0.1, -0.05) is 6.07 Å². The molecule has 1 aliphatic heterocycles. The lowest BCUT2D eigenvalue weighted by Crippen LogP contribution is -2.12. The summed E-state index contributed by atoms with van der Waals surface area (Å²) in [6, 6.07) is 8.70. The standard InChI is InChI=1S/C19H19NO5/c1-3-24-18-16(22)7-6-14(17(18)25-10-11(2)21)12-4-5-15-13(8-12)9-20-19(15)23/h4-8,22H,3,9-10H2,1-2H3,(H,20,23). The maximum Gasteiger partial charge on any atom is 0.251 e. The average Bonchev–Trinajstić information content (AvgIpc) is 2.96. The van der Waals surface area contributed by atoms with Gasteiger partial charge in [0.1, 0.15) is 6.61 Å². The number of phenols is 1. The van der Waals surface area contributed by atoms with E-state index in [1.165, 1.54) is 13.0 Å². The van der Waals surface area contributed by atoms with E-state index in [1.54, 1.807) is 19.1 Å². The number of carbonyl (C=O) groups excluding carboxylic acids is 2. The number of aromatic hydroxyl groups is 1. The van der Waals surface area contributed by atoms with E-state index in [9.17, 15) is 14.7 Å². The highest BCUT2D eigenvalue weighted by Crippen LogP contribution is 2.44. The molecule has 0 saturated heterocycles. The molecular weight excluding hydrogens is 322 g/mol. The molecule has 1 aliphatic rings. The first-order valence-electron chi connectivity index (χ1n) is 8.03. The molecule has 0 aliphatic carbocycles. The molecule has 0 fully saturated rings. The molecule has 2 N–H and O–H groups in total. The highest BCUT2D eigenvalue weighted by atomic mass is 16.5. The average molecular weight is 341 g/mol. The summed E-state index contributed by atoms with van der Waals surface area (Å²) in [5, 5.41) is 12.9. The van der Waals surface area contributed by atoms with Crippen LogP contribution in [0.25, 0.3) is 11.1 Å². The second-order valence-electron chi connectivity index (χ2n) is 5.77. The van der Waals surface area contributed by atoms with Crippen LogP contribution in [0.3, 0.4) is 0 Å². The minimum Gasteiger partial charge on any atom is -0.504 e. The predicted octanol–water partition coefficient (Wildman–Crippen LogP) is 2.67. The van der Waals surface area contributed by atoms with Gasteiger partial charge in [-0.3, -0.25) is 9.59 Å². The summed E-state index contributed by atoms with van der Waals surface area (Å²) in [6.07, 6.45) is 0. The van der Waals surface area contributed by atoms with Crippen LogP contribution >= 0.6 is 0 Å². The zero-order valence-corrected chi connectivity index (χ0v) is 14.1. The van der Waals surface area contributed by atoms with Crippen molar-refractivity contribution in [2.24, 2.45) is 0 Å². The molecule has 0 unspecified atom stereocenters. The van der Waals surface area contributed by atoms with Crippen molar-refractivity contribution in [3.05, 3.63) is 41.5 Å². The predicted molar refractivity (Wildman–Crippen MR) is 92.1 cm³/mol. The first kappa shape index (κ1) is 16.8. The number of Topliss-reactive ketones (excluding diaryl/α,β-unsaturated/α-hetero) is 1. The number of fused-ring (bicyclic) bond motifs is 1. The van der Waals surface area contributed by atoms with Gasteiger partial charge in [0.25, 0.3) is 5.91 Å². The Bertz CT molecular complexity index is 844. The fourth-order valence-corrected chi connectivity index (χ4v) is 2.78. The number of hydrogen-bond donors (Lipinski definition) is 2. The molecule has 1 amide bonds. The molecule has 0 saturated carbocycles. The molecule has 6 heteroatoms. The largest absolute Gasteiger partial charge is 0.504 e. The molecule has 6 nitrogen and oxygen atoms in total. The Labute approximate surface area is 145 Å². The number of amides is 1. The number of phenolic OH excluding ortho intramolecular Hbond substituents is 1. The maximum atomic E-state index is 11.7. The van der Waals surface area contributed by atoms with Crippen molar-refractivity contribution in [2.45, 2.75) is 20.4 Å². The highest BCUT2D eigenvalue weighted by molar-refractivity contribution is 5.99. The van der Waals surface area contributed by atoms with Crippen LogP contribution in [-0.4, -0.2) is 30.0 Å². The molecule has 2 aromatic carbocycles.